The van der Waals surface area contributed by atoms with E-state index >= 15 is 0 Å². The van der Waals surface area contributed by atoms with E-state index in [2.05, 4.69) is 16.6 Å². The predicted octanol–water partition coefficient (Wildman–Crippen LogP) is 1.78. The van der Waals surface area contributed by atoms with Gasteiger partial charge in [-0.15, -0.1) is 12.3 Å². The minimum absolute atomic E-state index is 0.0123. The first-order valence-corrected chi connectivity index (χ1v) is 6.48. The molecule has 2 atom stereocenters. The first kappa shape index (κ1) is 13.3. The average molecular weight is 258 g/mol. The van der Waals surface area contributed by atoms with Crippen LogP contribution in [0.25, 0.3) is 0 Å². The molecular formula is C15H18N2O2. The van der Waals surface area contributed by atoms with Crippen LogP contribution in [0.1, 0.15) is 19.8 Å². The minimum Gasteiger partial charge on any atom is -0.477 e. The minimum atomic E-state index is -0.512. The van der Waals surface area contributed by atoms with Crippen molar-refractivity contribution in [3.63, 3.8) is 0 Å². The Hall–Kier alpha value is -2.15. The molecule has 0 saturated heterocycles. The molecule has 100 valence electrons. The number of carbonyl (C=O) groups excluding carboxylic acids is 1. The fourth-order valence-corrected chi connectivity index (χ4v) is 1.99. The van der Waals surface area contributed by atoms with Crippen molar-refractivity contribution in [2.45, 2.75) is 31.9 Å². The van der Waals surface area contributed by atoms with Crippen LogP contribution in [0.5, 0.6) is 5.75 Å². The van der Waals surface area contributed by atoms with Crippen LogP contribution in [-0.2, 0) is 4.79 Å². The second kappa shape index (κ2) is 6.14. The van der Waals surface area contributed by atoms with Crippen LogP contribution in [-0.4, -0.2) is 24.6 Å². The first-order valence-electron chi connectivity index (χ1n) is 6.48. The molecule has 1 aromatic rings. The Morgan fingerprint density at radius 2 is 2.42 bits per heavy atom. The summed E-state index contributed by atoms with van der Waals surface area (Å²) in [6, 6.07) is 7.60. The molecule has 1 aliphatic heterocycles. The first-order chi connectivity index (χ1) is 9.24. The van der Waals surface area contributed by atoms with Gasteiger partial charge in [-0.05, 0) is 18.6 Å². The number of fused-ring (bicyclic) bond motifs is 1. The van der Waals surface area contributed by atoms with Gasteiger partial charge in [-0.3, -0.25) is 4.79 Å². The van der Waals surface area contributed by atoms with Gasteiger partial charge in [0, 0.05) is 12.5 Å². The highest BCUT2D eigenvalue weighted by atomic mass is 16.5. The zero-order valence-electron chi connectivity index (χ0n) is 11.0. The van der Waals surface area contributed by atoms with Gasteiger partial charge in [-0.1, -0.05) is 19.1 Å². The summed E-state index contributed by atoms with van der Waals surface area (Å²) in [5, 5.41) is 6.11. The third-order valence-electron chi connectivity index (χ3n) is 3.13. The molecular weight excluding hydrogens is 240 g/mol. The zero-order valence-corrected chi connectivity index (χ0v) is 11.0. The van der Waals surface area contributed by atoms with Crippen molar-refractivity contribution in [3.8, 4) is 18.1 Å². The third kappa shape index (κ3) is 3.19. The predicted molar refractivity (Wildman–Crippen MR) is 75.0 cm³/mol. The summed E-state index contributed by atoms with van der Waals surface area (Å²) in [6.07, 6.45) is 6.12. The van der Waals surface area contributed by atoms with Gasteiger partial charge in [-0.2, -0.15) is 0 Å². The van der Waals surface area contributed by atoms with E-state index in [-0.39, 0.29) is 11.9 Å². The molecule has 0 bridgehead atoms. The van der Waals surface area contributed by atoms with Crippen molar-refractivity contribution in [2.75, 3.05) is 11.9 Å². The summed E-state index contributed by atoms with van der Waals surface area (Å²) >= 11 is 0. The molecule has 1 heterocycles. The number of ether oxygens (including phenoxy) is 1. The van der Waals surface area contributed by atoms with Crippen LogP contribution in [0.15, 0.2) is 24.3 Å². The molecule has 4 nitrogen and oxygen atoms in total. The monoisotopic (exact) mass is 258 g/mol. The summed E-state index contributed by atoms with van der Waals surface area (Å²) in [5.41, 5.74) is 0.919. The summed E-state index contributed by atoms with van der Waals surface area (Å²) in [6.45, 7) is 2.47. The van der Waals surface area contributed by atoms with Gasteiger partial charge in [0.15, 0.2) is 6.10 Å². The van der Waals surface area contributed by atoms with Crippen LogP contribution in [0.2, 0.25) is 0 Å². The smallest absolute Gasteiger partial charge is 0.263 e. The average Bonchev–Trinajstić information content (AvgIpc) is 2.46. The lowest BCUT2D eigenvalue weighted by Crippen LogP contribution is -2.48. The lowest BCUT2D eigenvalue weighted by atomic mass is 10.1. The van der Waals surface area contributed by atoms with Crippen LogP contribution >= 0.6 is 0 Å². The number of rotatable bonds is 4. The lowest BCUT2D eigenvalue weighted by Gasteiger charge is -2.27. The van der Waals surface area contributed by atoms with Gasteiger partial charge in [0.25, 0.3) is 5.91 Å². The fourth-order valence-electron chi connectivity index (χ4n) is 1.99. The second-order valence-corrected chi connectivity index (χ2v) is 4.51. The normalized spacial score (nSPS) is 18.2. The number of nitrogens with one attached hydrogen (secondary N) is 2. The Morgan fingerprint density at radius 1 is 1.63 bits per heavy atom. The molecule has 0 radical (unpaired) electrons. The van der Waals surface area contributed by atoms with Crippen molar-refractivity contribution in [2.24, 2.45) is 0 Å². The standard InChI is InChI=1S/C15H18N2O2/c1-3-7-11(4-2)17-15(18)14-10-16-12-8-5-6-9-13(12)19-14/h1,5-6,8-9,11,14,16H,4,7,10H2,2H3,(H,17,18). The van der Waals surface area contributed by atoms with E-state index in [1.807, 2.05) is 31.2 Å². The Kier molecular flexibility index (Phi) is 4.30. The molecule has 0 fully saturated rings. The fraction of sp³-hybridized carbons (Fsp3) is 0.400. The molecule has 1 amide bonds. The molecule has 2 unspecified atom stereocenters. The van der Waals surface area contributed by atoms with Crippen LogP contribution < -0.4 is 15.4 Å². The van der Waals surface area contributed by atoms with E-state index in [0.717, 1.165) is 12.1 Å². The Morgan fingerprint density at radius 3 is 3.16 bits per heavy atom. The van der Waals surface area contributed by atoms with Gasteiger partial charge < -0.3 is 15.4 Å². The maximum absolute atomic E-state index is 12.1. The molecule has 0 aliphatic carbocycles. The largest absolute Gasteiger partial charge is 0.477 e. The molecule has 4 heteroatoms. The Balaban J connectivity index is 1.97. The number of anilines is 1. The lowest BCUT2D eigenvalue weighted by molar-refractivity contribution is -0.128. The summed E-state index contributed by atoms with van der Waals surface area (Å²) in [7, 11) is 0. The van der Waals surface area contributed by atoms with E-state index in [0.29, 0.717) is 18.7 Å². The molecule has 0 spiro atoms. The Bertz CT molecular complexity index is 493. The summed E-state index contributed by atoms with van der Waals surface area (Å²) < 4.78 is 5.69. The van der Waals surface area contributed by atoms with Crippen molar-refractivity contribution < 1.29 is 9.53 Å². The number of para-hydroxylation sites is 2. The zero-order chi connectivity index (χ0) is 13.7. The van der Waals surface area contributed by atoms with E-state index < -0.39 is 6.10 Å². The van der Waals surface area contributed by atoms with Gasteiger partial charge in [0.05, 0.1) is 12.2 Å². The van der Waals surface area contributed by atoms with Crippen LogP contribution in [0.4, 0.5) is 5.69 Å². The molecule has 1 aliphatic rings. The van der Waals surface area contributed by atoms with E-state index in [1.54, 1.807) is 0 Å². The summed E-state index contributed by atoms with van der Waals surface area (Å²) in [4.78, 5) is 12.1. The number of benzene rings is 1. The van der Waals surface area contributed by atoms with Crippen molar-refractivity contribution >= 4 is 11.6 Å². The van der Waals surface area contributed by atoms with Crippen LogP contribution in [0, 0.1) is 12.3 Å². The topological polar surface area (TPSA) is 50.4 Å². The molecule has 1 aromatic carbocycles. The van der Waals surface area contributed by atoms with Crippen LogP contribution in [0.3, 0.4) is 0 Å². The van der Waals surface area contributed by atoms with E-state index in [9.17, 15) is 4.79 Å². The van der Waals surface area contributed by atoms with E-state index in [1.165, 1.54) is 0 Å². The quantitative estimate of drug-likeness (QED) is 0.809. The van der Waals surface area contributed by atoms with Gasteiger partial charge >= 0.3 is 0 Å². The number of terminal acetylenes is 1. The maximum Gasteiger partial charge on any atom is 0.263 e. The summed E-state index contributed by atoms with van der Waals surface area (Å²) in [5.74, 6) is 3.16. The van der Waals surface area contributed by atoms with Gasteiger partial charge in [-0.25, -0.2) is 0 Å². The van der Waals surface area contributed by atoms with Crippen molar-refractivity contribution in [1.29, 1.82) is 0 Å². The third-order valence-corrected chi connectivity index (χ3v) is 3.13. The number of hydrogen-bond donors (Lipinski definition) is 2. The van der Waals surface area contributed by atoms with Crippen molar-refractivity contribution in [3.05, 3.63) is 24.3 Å². The van der Waals surface area contributed by atoms with Crippen molar-refractivity contribution in [1.82, 2.24) is 5.32 Å². The molecule has 19 heavy (non-hydrogen) atoms. The highest BCUT2D eigenvalue weighted by molar-refractivity contribution is 5.83. The van der Waals surface area contributed by atoms with Gasteiger partial charge in [0.1, 0.15) is 5.75 Å². The molecule has 2 N–H and O–H groups in total. The second-order valence-electron chi connectivity index (χ2n) is 4.51. The highest BCUT2D eigenvalue weighted by Gasteiger charge is 2.26. The number of hydrogen-bond acceptors (Lipinski definition) is 3. The van der Waals surface area contributed by atoms with E-state index in [4.69, 9.17) is 11.2 Å². The molecule has 0 aromatic heterocycles. The van der Waals surface area contributed by atoms with Gasteiger partial charge in [0.2, 0.25) is 0 Å². The molecule has 0 saturated carbocycles. The Labute approximate surface area is 113 Å². The maximum atomic E-state index is 12.1. The SMILES string of the molecule is C#CCC(CC)NC(=O)C1CNc2ccccc2O1. The number of carbonyl (C=O) groups is 1. The molecule has 2 rings (SSSR count). The highest BCUT2D eigenvalue weighted by Crippen LogP contribution is 2.28. The number of amides is 1.